The van der Waals surface area contributed by atoms with Crippen LogP contribution >= 0.6 is 0 Å². The van der Waals surface area contributed by atoms with Crippen molar-refractivity contribution in [3.63, 3.8) is 0 Å². The molecule has 0 fully saturated rings. The van der Waals surface area contributed by atoms with E-state index in [-0.39, 0.29) is 6.10 Å². The molecule has 1 rings (SSSR count). The first-order chi connectivity index (χ1) is 8.11. The van der Waals surface area contributed by atoms with E-state index in [0.29, 0.717) is 17.7 Å². The third-order valence-electron chi connectivity index (χ3n) is 2.15. The van der Waals surface area contributed by atoms with Gasteiger partial charge in [0.05, 0.1) is 6.10 Å². The largest absolute Gasteiger partial charge is 0.475 e. The summed E-state index contributed by atoms with van der Waals surface area (Å²) < 4.78 is 5.51. The van der Waals surface area contributed by atoms with Crippen LogP contribution in [0.2, 0.25) is 0 Å². The lowest BCUT2D eigenvalue weighted by molar-refractivity contribution is 0.232. The Bertz CT molecular complexity index is 330. The van der Waals surface area contributed by atoms with Gasteiger partial charge in [0, 0.05) is 18.8 Å². The molecule has 17 heavy (non-hydrogen) atoms. The molecule has 1 aromatic heterocycles. The summed E-state index contributed by atoms with van der Waals surface area (Å²) in [4.78, 5) is 8.44. The third kappa shape index (κ3) is 5.49. The molecule has 0 amide bonds. The van der Waals surface area contributed by atoms with Crippen molar-refractivity contribution < 1.29 is 4.74 Å². The Morgan fingerprint density at radius 2 is 2.06 bits per heavy atom. The van der Waals surface area contributed by atoms with E-state index in [1.807, 2.05) is 20.9 Å². The van der Waals surface area contributed by atoms with Crippen molar-refractivity contribution in [2.75, 3.05) is 25.5 Å². The van der Waals surface area contributed by atoms with Gasteiger partial charge < -0.3 is 15.4 Å². The Kier molecular flexibility index (Phi) is 5.69. The molecule has 1 heterocycles. The van der Waals surface area contributed by atoms with Crippen LogP contribution in [0.4, 0.5) is 5.95 Å². The predicted octanol–water partition coefficient (Wildman–Crippen LogP) is 1.53. The molecule has 0 radical (unpaired) electrons. The van der Waals surface area contributed by atoms with Crippen LogP contribution in [0.15, 0.2) is 12.3 Å². The van der Waals surface area contributed by atoms with Gasteiger partial charge in [0.25, 0.3) is 0 Å². The van der Waals surface area contributed by atoms with Crippen LogP contribution < -0.4 is 15.4 Å². The maximum Gasteiger partial charge on any atom is 0.225 e. The average molecular weight is 238 g/mol. The van der Waals surface area contributed by atoms with Crippen molar-refractivity contribution in [2.45, 2.75) is 26.9 Å². The summed E-state index contributed by atoms with van der Waals surface area (Å²) in [5.74, 6) is 1.75. The summed E-state index contributed by atoms with van der Waals surface area (Å²) in [5.41, 5.74) is 0. The quantitative estimate of drug-likeness (QED) is 0.754. The molecule has 0 aromatic carbocycles. The fraction of sp³-hybridized carbons (Fsp3) is 0.667. The predicted molar refractivity (Wildman–Crippen MR) is 69.4 cm³/mol. The second-order valence-electron chi connectivity index (χ2n) is 4.43. The summed E-state index contributed by atoms with van der Waals surface area (Å²) in [7, 11) is 1.95. The van der Waals surface area contributed by atoms with Crippen molar-refractivity contribution in [3.05, 3.63) is 12.3 Å². The first-order valence-electron chi connectivity index (χ1n) is 6.00. The Morgan fingerprint density at radius 3 is 2.71 bits per heavy atom. The normalized spacial score (nSPS) is 12.5. The van der Waals surface area contributed by atoms with Gasteiger partial charge in [0.2, 0.25) is 11.8 Å². The molecule has 1 aromatic rings. The molecule has 5 nitrogen and oxygen atoms in total. The molecular formula is C12H22N4O. The monoisotopic (exact) mass is 238 g/mol. The lowest BCUT2D eigenvalue weighted by atomic mass is 10.2. The second-order valence-corrected chi connectivity index (χ2v) is 4.43. The number of aromatic nitrogens is 2. The zero-order valence-corrected chi connectivity index (χ0v) is 11.0. The van der Waals surface area contributed by atoms with Crippen LogP contribution in [-0.2, 0) is 0 Å². The van der Waals surface area contributed by atoms with Gasteiger partial charge in [-0.25, -0.2) is 4.98 Å². The van der Waals surface area contributed by atoms with E-state index in [2.05, 4.69) is 27.5 Å². The summed E-state index contributed by atoms with van der Waals surface area (Å²) in [5, 5.41) is 6.34. The van der Waals surface area contributed by atoms with Crippen molar-refractivity contribution in [3.8, 4) is 5.88 Å². The number of nitrogens with one attached hydrogen (secondary N) is 2. The van der Waals surface area contributed by atoms with Crippen molar-refractivity contribution in [1.82, 2.24) is 15.3 Å². The minimum absolute atomic E-state index is 0.126. The number of ether oxygens (including phenoxy) is 1. The maximum atomic E-state index is 5.51. The molecule has 1 unspecified atom stereocenters. The fourth-order valence-electron chi connectivity index (χ4n) is 1.42. The molecule has 1 atom stereocenters. The standard InChI is InChI=1S/C12H22N4O/c1-9(2)17-11-5-6-14-12(16-11)15-8-10(3)7-13-4/h5-6,9-10,13H,7-8H2,1-4H3,(H,14,15,16). The molecule has 5 heteroatoms. The molecule has 0 aliphatic rings. The maximum absolute atomic E-state index is 5.51. The van der Waals surface area contributed by atoms with Crippen LogP contribution in [0.1, 0.15) is 20.8 Å². The topological polar surface area (TPSA) is 59.1 Å². The van der Waals surface area contributed by atoms with E-state index >= 15 is 0 Å². The summed E-state index contributed by atoms with van der Waals surface area (Å²) >= 11 is 0. The Hall–Kier alpha value is -1.36. The molecule has 0 saturated heterocycles. The zero-order chi connectivity index (χ0) is 12.7. The molecule has 2 N–H and O–H groups in total. The molecule has 0 spiro atoms. The summed E-state index contributed by atoms with van der Waals surface area (Å²) in [6.07, 6.45) is 1.83. The van der Waals surface area contributed by atoms with Gasteiger partial charge in [0.1, 0.15) is 0 Å². The van der Waals surface area contributed by atoms with Crippen LogP contribution in [-0.4, -0.2) is 36.2 Å². The summed E-state index contributed by atoms with van der Waals surface area (Å²) in [6, 6.07) is 1.77. The fourth-order valence-corrected chi connectivity index (χ4v) is 1.42. The Morgan fingerprint density at radius 1 is 1.29 bits per heavy atom. The van der Waals surface area contributed by atoms with Gasteiger partial charge in [-0.1, -0.05) is 6.92 Å². The average Bonchev–Trinajstić information content (AvgIpc) is 2.26. The zero-order valence-electron chi connectivity index (χ0n) is 11.0. The number of anilines is 1. The molecule has 0 aliphatic carbocycles. The molecular weight excluding hydrogens is 216 g/mol. The molecule has 0 bridgehead atoms. The second kappa shape index (κ2) is 7.06. The van der Waals surface area contributed by atoms with E-state index in [4.69, 9.17) is 4.74 Å². The van der Waals surface area contributed by atoms with Gasteiger partial charge in [-0.15, -0.1) is 0 Å². The highest BCUT2D eigenvalue weighted by molar-refractivity contribution is 5.27. The van der Waals surface area contributed by atoms with E-state index < -0.39 is 0 Å². The minimum Gasteiger partial charge on any atom is -0.475 e. The van der Waals surface area contributed by atoms with Crippen LogP contribution in [0.25, 0.3) is 0 Å². The van der Waals surface area contributed by atoms with Gasteiger partial charge in [-0.05, 0) is 33.4 Å². The van der Waals surface area contributed by atoms with E-state index in [0.717, 1.165) is 13.1 Å². The highest BCUT2D eigenvalue weighted by Crippen LogP contribution is 2.10. The van der Waals surface area contributed by atoms with E-state index in [1.54, 1.807) is 12.3 Å². The van der Waals surface area contributed by atoms with Crippen molar-refractivity contribution in [2.24, 2.45) is 5.92 Å². The lowest BCUT2D eigenvalue weighted by Gasteiger charge is -2.13. The van der Waals surface area contributed by atoms with E-state index in [1.165, 1.54) is 0 Å². The third-order valence-corrected chi connectivity index (χ3v) is 2.15. The van der Waals surface area contributed by atoms with Gasteiger partial charge >= 0.3 is 0 Å². The van der Waals surface area contributed by atoms with E-state index in [9.17, 15) is 0 Å². The van der Waals surface area contributed by atoms with Gasteiger partial charge in [-0.3, -0.25) is 0 Å². The molecule has 0 aliphatic heterocycles. The smallest absolute Gasteiger partial charge is 0.225 e. The first kappa shape index (κ1) is 13.7. The minimum atomic E-state index is 0.126. The number of nitrogens with zero attached hydrogens (tertiary/aromatic N) is 2. The lowest BCUT2D eigenvalue weighted by Crippen LogP contribution is -2.23. The van der Waals surface area contributed by atoms with Crippen LogP contribution in [0.3, 0.4) is 0 Å². The number of rotatable bonds is 7. The molecule has 0 saturated carbocycles. The Labute approximate surface area is 103 Å². The highest BCUT2D eigenvalue weighted by Gasteiger charge is 2.04. The summed E-state index contributed by atoms with van der Waals surface area (Å²) in [6.45, 7) is 7.92. The van der Waals surface area contributed by atoms with Crippen molar-refractivity contribution in [1.29, 1.82) is 0 Å². The SMILES string of the molecule is CNCC(C)CNc1nccc(OC(C)C)n1. The number of hydrogen-bond acceptors (Lipinski definition) is 5. The van der Waals surface area contributed by atoms with Crippen LogP contribution in [0, 0.1) is 5.92 Å². The first-order valence-corrected chi connectivity index (χ1v) is 6.00. The van der Waals surface area contributed by atoms with Gasteiger partial charge in [0.15, 0.2) is 0 Å². The number of hydrogen-bond donors (Lipinski definition) is 2. The van der Waals surface area contributed by atoms with Crippen LogP contribution in [0.5, 0.6) is 5.88 Å². The molecule has 96 valence electrons. The van der Waals surface area contributed by atoms with Crippen molar-refractivity contribution >= 4 is 5.95 Å². The van der Waals surface area contributed by atoms with Gasteiger partial charge in [-0.2, -0.15) is 4.98 Å². The Balaban J connectivity index is 2.48. The highest BCUT2D eigenvalue weighted by atomic mass is 16.5.